The van der Waals surface area contributed by atoms with Gasteiger partial charge in [-0.2, -0.15) is 0 Å². The first-order chi connectivity index (χ1) is 7.77. The summed E-state index contributed by atoms with van der Waals surface area (Å²) in [6, 6.07) is 7.75. The molecule has 0 aliphatic heterocycles. The molecule has 0 saturated heterocycles. The van der Waals surface area contributed by atoms with E-state index in [4.69, 9.17) is 4.42 Å². The van der Waals surface area contributed by atoms with Crippen LogP contribution >= 0.6 is 0 Å². The Labute approximate surface area is 95.3 Å². The van der Waals surface area contributed by atoms with Crippen LogP contribution in [0.2, 0.25) is 0 Å². The lowest BCUT2D eigenvalue weighted by atomic mass is 10.0. The van der Waals surface area contributed by atoms with E-state index in [9.17, 15) is 4.79 Å². The molecule has 0 fully saturated rings. The van der Waals surface area contributed by atoms with Crippen LogP contribution in [0.1, 0.15) is 42.8 Å². The third kappa shape index (κ3) is 1.75. The average molecular weight is 216 g/mol. The Balaban J connectivity index is 2.60. The number of carbonyl (C=O) groups is 1. The standard InChI is InChI=1S/C14H16O2/c1-3-7-11(15)14-10-8-5-6-9-13(10)16-12(14)4-2/h5-6,8-9H,3-4,7H2,1-2H3. The van der Waals surface area contributed by atoms with E-state index in [0.717, 1.165) is 35.1 Å². The van der Waals surface area contributed by atoms with Crippen LogP contribution in [0.4, 0.5) is 0 Å². The number of benzene rings is 1. The van der Waals surface area contributed by atoms with E-state index in [-0.39, 0.29) is 5.78 Å². The van der Waals surface area contributed by atoms with Gasteiger partial charge in [-0.25, -0.2) is 0 Å². The molecule has 0 saturated carbocycles. The van der Waals surface area contributed by atoms with Crippen molar-refractivity contribution in [3.63, 3.8) is 0 Å². The first-order valence-electron chi connectivity index (χ1n) is 5.81. The Hall–Kier alpha value is -1.57. The predicted molar refractivity (Wildman–Crippen MR) is 64.8 cm³/mol. The molecule has 0 aliphatic rings. The van der Waals surface area contributed by atoms with Crippen LogP contribution in [-0.2, 0) is 6.42 Å². The van der Waals surface area contributed by atoms with E-state index in [1.807, 2.05) is 38.1 Å². The zero-order chi connectivity index (χ0) is 11.5. The molecular weight excluding hydrogens is 200 g/mol. The fourth-order valence-electron chi connectivity index (χ4n) is 2.00. The number of furan rings is 1. The molecule has 0 spiro atoms. The van der Waals surface area contributed by atoms with E-state index in [1.165, 1.54) is 0 Å². The molecule has 0 amide bonds. The monoisotopic (exact) mass is 216 g/mol. The molecule has 0 atom stereocenters. The summed E-state index contributed by atoms with van der Waals surface area (Å²) < 4.78 is 5.69. The number of ketones is 1. The van der Waals surface area contributed by atoms with E-state index in [2.05, 4.69) is 0 Å². The maximum Gasteiger partial charge on any atom is 0.167 e. The summed E-state index contributed by atoms with van der Waals surface area (Å²) in [5.74, 6) is 1.02. The number of aryl methyl sites for hydroxylation is 1. The van der Waals surface area contributed by atoms with Gasteiger partial charge in [-0.15, -0.1) is 0 Å². The normalized spacial score (nSPS) is 10.9. The molecule has 1 heterocycles. The second kappa shape index (κ2) is 4.52. The molecule has 0 N–H and O–H groups in total. The smallest absolute Gasteiger partial charge is 0.167 e. The number of para-hydroxylation sites is 1. The zero-order valence-corrected chi connectivity index (χ0v) is 9.75. The van der Waals surface area contributed by atoms with Crippen LogP contribution in [0.3, 0.4) is 0 Å². The van der Waals surface area contributed by atoms with Crippen LogP contribution in [0, 0.1) is 0 Å². The predicted octanol–water partition coefficient (Wildman–Crippen LogP) is 3.98. The van der Waals surface area contributed by atoms with Crippen molar-refractivity contribution in [3.8, 4) is 0 Å². The molecule has 84 valence electrons. The minimum Gasteiger partial charge on any atom is -0.460 e. The lowest BCUT2D eigenvalue weighted by Gasteiger charge is -1.98. The van der Waals surface area contributed by atoms with Crippen molar-refractivity contribution >= 4 is 16.8 Å². The molecule has 0 radical (unpaired) electrons. The Bertz CT molecular complexity index is 508. The van der Waals surface area contributed by atoms with Gasteiger partial charge >= 0.3 is 0 Å². The third-order valence-corrected chi connectivity index (χ3v) is 2.75. The van der Waals surface area contributed by atoms with Gasteiger partial charge < -0.3 is 4.42 Å². The molecule has 2 rings (SSSR count). The number of Topliss-reactive ketones (excluding diaryl/α,β-unsaturated/α-hetero) is 1. The highest BCUT2D eigenvalue weighted by Gasteiger charge is 2.18. The molecule has 1 aromatic carbocycles. The van der Waals surface area contributed by atoms with Crippen LogP contribution in [0.15, 0.2) is 28.7 Å². The molecule has 2 heteroatoms. The Kier molecular flexibility index (Phi) is 3.09. The van der Waals surface area contributed by atoms with Gasteiger partial charge in [0.25, 0.3) is 0 Å². The first kappa shape index (κ1) is 10.9. The quantitative estimate of drug-likeness (QED) is 0.723. The van der Waals surface area contributed by atoms with E-state index >= 15 is 0 Å². The molecule has 16 heavy (non-hydrogen) atoms. The molecule has 0 aliphatic carbocycles. The van der Waals surface area contributed by atoms with E-state index < -0.39 is 0 Å². The summed E-state index contributed by atoms with van der Waals surface area (Å²) in [4.78, 5) is 12.0. The van der Waals surface area contributed by atoms with Gasteiger partial charge in [0.05, 0.1) is 5.56 Å². The van der Waals surface area contributed by atoms with Crippen molar-refractivity contribution in [2.75, 3.05) is 0 Å². The van der Waals surface area contributed by atoms with E-state index in [1.54, 1.807) is 0 Å². The van der Waals surface area contributed by atoms with Crippen molar-refractivity contribution in [2.24, 2.45) is 0 Å². The highest BCUT2D eigenvalue weighted by atomic mass is 16.3. The minimum absolute atomic E-state index is 0.198. The number of hydrogen-bond acceptors (Lipinski definition) is 2. The Morgan fingerprint density at radius 3 is 2.69 bits per heavy atom. The van der Waals surface area contributed by atoms with Gasteiger partial charge in [0.2, 0.25) is 0 Å². The van der Waals surface area contributed by atoms with Gasteiger partial charge in [-0.05, 0) is 12.5 Å². The summed E-state index contributed by atoms with van der Waals surface area (Å²) in [6.45, 7) is 4.03. The summed E-state index contributed by atoms with van der Waals surface area (Å²) in [6.07, 6.45) is 2.23. The van der Waals surface area contributed by atoms with Gasteiger partial charge in [0.1, 0.15) is 11.3 Å². The molecule has 0 bridgehead atoms. The van der Waals surface area contributed by atoms with Crippen molar-refractivity contribution < 1.29 is 9.21 Å². The lowest BCUT2D eigenvalue weighted by Crippen LogP contribution is -2.00. The molecular formula is C14H16O2. The number of fused-ring (bicyclic) bond motifs is 1. The molecule has 2 aromatic rings. The van der Waals surface area contributed by atoms with Gasteiger partial charge in [0.15, 0.2) is 5.78 Å². The summed E-state index contributed by atoms with van der Waals surface area (Å²) in [5, 5.41) is 0.956. The first-order valence-corrected chi connectivity index (χ1v) is 5.81. The second-order valence-electron chi connectivity index (χ2n) is 3.92. The molecule has 1 aromatic heterocycles. The van der Waals surface area contributed by atoms with Gasteiger partial charge in [-0.1, -0.05) is 32.0 Å². The Morgan fingerprint density at radius 1 is 1.25 bits per heavy atom. The molecule has 2 nitrogen and oxygen atoms in total. The Morgan fingerprint density at radius 2 is 2.00 bits per heavy atom. The highest BCUT2D eigenvalue weighted by Crippen LogP contribution is 2.27. The van der Waals surface area contributed by atoms with Crippen molar-refractivity contribution in [2.45, 2.75) is 33.1 Å². The number of hydrogen-bond donors (Lipinski definition) is 0. The lowest BCUT2D eigenvalue weighted by molar-refractivity contribution is 0.0981. The number of rotatable bonds is 4. The summed E-state index contributed by atoms with van der Waals surface area (Å²) >= 11 is 0. The van der Waals surface area contributed by atoms with Crippen LogP contribution in [-0.4, -0.2) is 5.78 Å². The van der Waals surface area contributed by atoms with Crippen molar-refractivity contribution in [1.82, 2.24) is 0 Å². The number of carbonyl (C=O) groups excluding carboxylic acids is 1. The molecule has 0 unspecified atom stereocenters. The fourth-order valence-corrected chi connectivity index (χ4v) is 2.00. The highest BCUT2D eigenvalue weighted by molar-refractivity contribution is 6.08. The topological polar surface area (TPSA) is 30.2 Å². The fraction of sp³-hybridized carbons (Fsp3) is 0.357. The van der Waals surface area contributed by atoms with Gasteiger partial charge in [0, 0.05) is 18.2 Å². The third-order valence-electron chi connectivity index (χ3n) is 2.75. The SMILES string of the molecule is CCCC(=O)c1c(CC)oc2ccccc12. The van der Waals surface area contributed by atoms with Crippen molar-refractivity contribution in [3.05, 3.63) is 35.6 Å². The van der Waals surface area contributed by atoms with Gasteiger partial charge in [-0.3, -0.25) is 4.79 Å². The minimum atomic E-state index is 0.198. The zero-order valence-electron chi connectivity index (χ0n) is 9.75. The van der Waals surface area contributed by atoms with Crippen molar-refractivity contribution in [1.29, 1.82) is 0 Å². The largest absolute Gasteiger partial charge is 0.460 e. The average Bonchev–Trinajstić information content (AvgIpc) is 2.67. The van der Waals surface area contributed by atoms with Crippen LogP contribution in [0.25, 0.3) is 11.0 Å². The summed E-state index contributed by atoms with van der Waals surface area (Å²) in [7, 11) is 0. The van der Waals surface area contributed by atoms with Crippen LogP contribution in [0.5, 0.6) is 0 Å². The van der Waals surface area contributed by atoms with Crippen LogP contribution < -0.4 is 0 Å². The maximum absolute atomic E-state index is 12.0. The van der Waals surface area contributed by atoms with E-state index in [0.29, 0.717) is 6.42 Å². The maximum atomic E-state index is 12.0. The second-order valence-corrected chi connectivity index (χ2v) is 3.92. The summed E-state index contributed by atoms with van der Waals surface area (Å²) in [5.41, 5.74) is 1.61.